The normalized spacial score (nSPS) is 28.3. The number of rotatable bonds is 3. The van der Waals surface area contributed by atoms with Gasteiger partial charge in [0.25, 0.3) is 5.91 Å². The summed E-state index contributed by atoms with van der Waals surface area (Å²) in [5.41, 5.74) is 0.0117. The Hall–Kier alpha value is -1.71. The molecule has 9 heteroatoms. The first-order valence-corrected chi connectivity index (χ1v) is 9.62. The first-order valence-electron chi connectivity index (χ1n) is 8.81. The molecule has 4 heterocycles. The average molecular weight is 381 g/mol. The number of carbonyl (C=O) groups is 2. The number of hydrogen-bond donors (Lipinski definition) is 0. The lowest BCUT2D eigenvalue weighted by atomic mass is 9.81. The zero-order valence-corrected chi connectivity index (χ0v) is 15.8. The predicted octanol–water partition coefficient (Wildman–Crippen LogP) is 0.550. The number of nitrogens with zero attached hydrogens (tertiary/aromatic N) is 3. The van der Waals surface area contributed by atoms with Gasteiger partial charge in [-0.25, -0.2) is 4.98 Å². The molecule has 3 aliphatic heterocycles. The molecule has 1 aromatic heterocycles. The van der Waals surface area contributed by atoms with Crippen LogP contribution in [-0.4, -0.2) is 81.5 Å². The molecule has 142 valence electrons. The van der Waals surface area contributed by atoms with E-state index in [2.05, 4.69) is 9.88 Å². The van der Waals surface area contributed by atoms with E-state index >= 15 is 0 Å². The molecule has 8 nitrogen and oxygen atoms in total. The smallest absolute Gasteiger partial charge is 0.316 e. The first-order chi connectivity index (χ1) is 12.5. The Morgan fingerprint density at radius 1 is 1.31 bits per heavy atom. The van der Waals surface area contributed by atoms with Crippen molar-refractivity contribution in [3.05, 3.63) is 10.6 Å². The number of hydrogen-bond acceptors (Lipinski definition) is 8. The molecule has 26 heavy (non-hydrogen) atoms. The van der Waals surface area contributed by atoms with Crippen LogP contribution in [0, 0.1) is 18.3 Å². The average Bonchev–Trinajstić information content (AvgIpc) is 3.33. The minimum absolute atomic E-state index is 0.00848. The minimum atomic E-state index is -0.726. The fourth-order valence-corrected chi connectivity index (χ4v) is 5.08. The lowest BCUT2D eigenvalue weighted by Crippen LogP contribution is -2.41. The third-order valence-corrected chi connectivity index (χ3v) is 6.72. The van der Waals surface area contributed by atoms with Crippen molar-refractivity contribution in [3.63, 3.8) is 0 Å². The molecule has 0 unspecified atom stereocenters. The summed E-state index contributed by atoms with van der Waals surface area (Å²) in [5.74, 6) is -0.353. The van der Waals surface area contributed by atoms with Gasteiger partial charge in [0.2, 0.25) is 0 Å². The van der Waals surface area contributed by atoms with Crippen molar-refractivity contribution in [2.24, 2.45) is 11.3 Å². The van der Waals surface area contributed by atoms with Crippen molar-refractivity contribution < 1.29 is 23.8 Å². The molecule has 0 spiro atoms. The molecular weight excluding hydrogens is 358 g/mol. The number of thiazole rings is 1. The van der Waals surface area contributed by atoms with Gasteiger partial charge in [-0.1, -0.05) is 11.3 Å². The Bertz CT molecular complexity index is 717. The molecule has 1 amide bonds. The van der Waals surface area contributed by atoms with Crippen molar-refractivity contribution in [1.29, 1.82) is 0 Å². The monoisotopic (exact) mass is 381 g/mol. The molecule has 0 radical (unpaired) electrons. The van der Waals surface area contributed by atoms with Gasteiger partial charge in [-0.15, -0.1) is 0 Å². The number of esters is 1. The Morgan fingerprint density at radius 2 is 2.08 bits per heavy atom. The van der Waals surface area contributed by atoms with E-state index in [0.717, 1.165) is 23.9 Å². The number of morpholine rings is 1. The summed E-state index contributed by atoms with van der Waals surface area (Å²) in [5, 5.41) is 0.861. The maximum Gasteiger partial charge on any atom is 0.316 e. The molecule has 0 bridgehead atoms. The molecule has 0 N–H and O–H groups in total. The highest BCUT2D eigenvalue weighted by Gasteiger charge is 2.58. The van der Waals surface area contributed by atoms with Gasteiger partial charge in [0.1, 0.15) is 10.3 Å². The number of fused-ring (bicyclic) bond motifs is 1. The number of anilines is 1. The second-order valence-corrected chi connectivity index (χ2v) is 8.03. The van der Waals surface area contributed by atoms with Crippen LogP contribution in [-0.2, 0) is 19.0 Å². The van der Waals surface area contributed by atoms with Gasteiger partial charge in [-0.3, -0.25) is 9.59 Å². The molecule has 4 rings (SSSR count). The van der Waals surface area contributed by atoms with Crippen LogP contribution in [0.15, 0.2) is 0 Å². The number of aryl methyl sites for hydroxylation is 1. The maximum atomic E-state index is 13.1. The second kappa shape index (κ2) is 6.79. The van der Waals surface area contributed by atoms with E-state index in [1.165, 1.54) is 18.4 Å². The third-order valence-electron chi connectivity index (χ3n) is 5.51. The SMILES string of the molecule is COC(=O)[C@@]12COC[C@@H]1CN(C(=O)c1sc(N3CCOCC3)nc1C)C2. The number of ether oxygens (including phenoxy) is 3. The fraction of sp³-hybridized carbons (Fsp3) is 0.706. The maximum absolute atomic E-state index is 13.1. The third kappa shape index (κ3) is 2.78. The molecule has 0 saturated carbocycles. The van der Waals surface area contributed by atoms with Crippen LogP contribution in [0.1, 0.15) is 15.4 Å². The van der Waals surface area contributed by atoms with Crippen molar-refractivity contribution in [1.82, 2.24) is 9.88 Å². The van der Waals surface area contributed by atoms with E-state index in [1.807, 2.05) is 6.92 Å². The molecule has 3 saturated heterocycles. The van der Waals surface area contributed by atoms with E-state index < -0.39 is 5.41 Å². The fourth-order valence-electron chi connectivity index (χ4n) is 4.00. The van der Waals surface area contributed by atoms with Gasteiger partial charge in [0.15, 0.2) is 5.13 Å². The van der Waals surface area contributed by atoms with E-state index in [9.17, 15) is 9.59 Å². The van der Waals surface area contributed by atoms with E-state index in [4.69, 9.17) is 14.2 Å². The summed E-state index contributed by atoms with van der Waals surface area (Å²) in [7, 11) is 1.39. The summed E-state index contributed by atoms with van der Waals surface area (Å²) in [6.07, 6.45) is 0. The number of likely N-dealkylation sites (tertiary alicyclic amines) is 1. The van der Waals surface area contributed by atoms with Crippen molar-refractivity contribution >= 4 is 28.3 Å². The Labute approximate surface area is 156 Å². The van der Waals surface area contributed by atoms with Crippen LogP contribution in [0.3, 0.4) is 0 Å². The quantitative estimate of drug-likeness (QED) is 0.707. The Balaban J connectivity index is 1.53. The van der Waals surface area contributed by atoms with Crippen LogP contribution < -0.4 is 4.90 Å². The molecule has 0 aliphatic carbocycles. The molecule has 3 fully saturated rings. The molecular formula is C17H23N3O5S. The van der Waals surface area contributed by atoms with Crippen molar-refractivity contribution in [2.75, 3.05) is 64.6 Å². The second-order valence-electron chi connectivity index (χ2n) is 7.06. The van der Waals surface area contributed by atoms with E-state index in [0.29, 0.717) is 44.4 Å². The number of methoxy groups -OCH3 is 1. The lowest BCUT2D eigenvalue weighted by Gasteiger charge is -2.26. The molecule has 0 aromatic carbocycles. The lowest BCUT2D eigenvalue weighted by molar-refractivity contribution is -0.153. The number of amides is 1. The van der Waals surface area contributed by atoms with Crippen molar-refractivity contribution in [2.45, 2.75) is 6.92 Å². The molecule has 3 aliphatic rings. The summed E-state index contributed by atoms with van der Waals surface area (Å²) in [4.78, 5) is 34.6. The largest absolute Gasteiger partial charge is 0.468 e. The molecule has 2 atom stereocenters. The topological polar surface area (TPSA) is 81.2 Å². The predicted molar refractivity (Wildman–Crippen MR) is 94.5 cm³/mol. The van der Waals surface area contributed by atoms with Crippen LogP contribution >= 0.6 is 11.3 Å². The highest BCUT2D eigenvalue weighted by molar-refractivity contribution is 7.17. The number of carbonyl (C=O) groups excluding carboxylic acids is 2. The van der Waals surface area contributed by atoms with E-state index in [1.54, 1.807) is 4.90 Å². The summed E-state index contributed by atoms with van der Waals surface area (Å²) >= 11 is 1.42. The zero-order valence-electron chi connectivity index (χ0n) is 15.0. The van der Waals surface area contributed by atoms with Gasteiger partial charge in [0, 0.05) is 32.1 Å². The van der Waals surface area contributed by atoms with Crippen molar-refractivity contribution in [3.8, 4) is 0 Å². The molecule has 1 aromatic rings. The zero-order chi connectivity index (χ0) is 18.3. The van der Waals surface area contributed by atoms with Crippen LogP contribution in [0.25, 0.3) is 0 Å². The summed E-state index contributed by atoms with van der Waals surface area (Å²) in [6, 6.07) is 0. The van der Waals surface area contributed by atoms with Crippen LogP contribution in [0.4, 0.5) is 5.13 Å². The standard InChI is InChI=1S/C17H23N3O5S/c1-11-13(26-16(18-11)19-3-5-24-6-4-19)14(21)20-7-12-8-25-10-17(12,9-20)15(22)23-2/h12H,3-10H2,1-2H3/t12-,17-/m0/s1. The number of aromatic nitrogens is 1. The van der Waals surface area contributed by atoms with Gasteiger partial charge in [-0.2, -0.15) is 0 Å². The van der Waals surface area contributed by atoms with Crippen LogP contribution in [0.5, 0.6) is 0 Å². The van der Waals surface area contributed by atoms with E-state index in [-0.39, 0.29) is 17.8 Å². The van der Waals surface area contributed by atoms with Crippen LogP contribution in [0.2, 0.25) is 0 Å². The highest BCUT2D eigenvalue weighted by atomic mass is 32.1. The summed E-state index contributed by atoms with van der Waals surface area (Å²) in [6.45, 7) is 6.45. The van der Waals surface area contributed by atoms with Gasteiger partial charge >= 0.3 is 5.97 Å². The van der Waals surface area contributed by atoms with Gasteiger partial charge in [0.05, 0.1) is 39.2 Å². The van der Waals surface area contributed by atoms with Gasteiger partial charge < -0.3 is 24.0 Å². The Kier molecular flexibility index (Phi) is 4.62. The van der Waals surface area contributed by atoms with Gasteiger partial charge in [-0.05, 0) is 6.92 Å². The summed E-state index contributed by atoms with van der Waals surface area (Å²) < 4.78 is 15.9. The Morgan fingerprint density at radius 3 is 2.81 bits per heavy atom. The first kappa shape index (κ1) is 17.7. The highest BCUT2D eigenvalue weighted by Crippen LogP contribution is 2.43. The minimum Gasteiger partial charge on any atom is -0.468 e.